The summed E-state index contributed by atoms with van der Waals surface area (Å²) in [6.07, 6.45) is 0. The third kappa shape index (κ3) is 3.23. The summed E-state index contributed by atoms with van der Waals surface area (Å²) in [5.74, 6) is 0.0779. The number of carbonyl (C=O) groups excluding carboxylic acids is 1. The first kappa shape index (κ1) is 14.7. The number of carbonyl (C=O) groups is 1. The second-order valence-electron chi connectivity index (χ2n) is 4.88. The molecule has 2 aromatic carbocycles. The Morgan fingerprint density at radius 3 is 2.05 bits per heavy atom. The molecule has 2 atom stereocenters. The summed E-state index contributed by atoms with van der Waals surface area (Å²) < 4.78 is 0. The van der Waals surface area contributed by atoms with Gasteiger partial charge in [0.2, 0.25) is 5.91 Å². The standard InChI is InChI=1S/C17H19NOS/c1-13(14-9-5-3-6-10-14)16(20)17(19)18(2)15-11-7-4-8-12-15/h3-13,16,20H,1-2H3. The Balaban J connectivity index is 2.13. The van der Waals surface area contributed by atoms with E-state index in [1.807, 2.05) is 67.6 Å². The highest BCUT2D eigenvalue weighted by molar-refractivity contribution is 7.81. The van der Waals surface area contributed by atoms with Crippen LogP contribution < -0.4 is 4.90 Å². The zero-order valence-electron chi connectivity index (χ0n) is 11.7. The topological polar surface area (TPSA) is 20.3 Å². The quantitative estimate of drug-likeness (QED) is 0.848. The average molecular weight is 285 g/mol. The Hall–Kier alpha value is -1.74. The number of nitrogens with zero attached hydrogens (tertiary/aromatic N) is 1. The van der Waals surface area contributed by atoms with E-state index in [9.17, 15) is 4.79 Å². The lowest BCUT2D eigenvalue weighted by Gasteiger charge is -2.25. The second kappa shape index (κ2) is 6.62. The number of amides is 1. The van der Waals surface area contributed by atoms with Gasteiger partial charge in [-0.2, -0.15) is 12.6 Å². The van der Waals surface area contributed by atoms with Gasteiger partial charge in [-0.25, -0.2) is 0 Å². The zero-order valence-corrected chi connectivity index (χ0v) is 12.6. The van der Waals surface area contributed by atoms with Crippen LogP contribution >= 0.6 is 12.6 Å². The van der Waals surface area contributed by atoms with Crippen LogP contribution in [0.4, 0.5) is 5.69 Å². The Bertz CT molecular complexity index is 556. The minimum absolute atomic E-state index is 0.0101. The largest absolute Gasteiger partial charge is 0.315 e. The first-order valence-corrected chi connectivity index (χ1v) is 7.18. The fraction of sp³-hybridized carbons (Fsp3) is 0.235. The van der Waals surface area contributed by atoms with Crippen molar-refractivity contribution in [3.8, 4) is 0 Å². The van der Waals surface area contributed by atoms with Gasteiger partial charge in [0, 0.05) is 18.7 Å². The highest BCUT2D eigenvalue weighted by atomic mass is 32.1. The fourth-order valence-electron chi connectivity index (χ4n) is 2.13. The van der Waals surface area contributed by atoms with Gasteiger partial charge < -0.3 is 4.90 Å². The van der Waals surface area contributed by atoms with E-state index in [-0.39, 0.29) is 17.1 Å². The molecule has 1 amide bonds. The SMILES string of the molecule is CC(c1ccccc1)C(S)C(=O)N(C)c1ccccc1. The summed E-state index contributed by atoms with van der Waals surface area (Å²) in [7, 11) is 1.79. The number of anilines is 1. The van der Waals surface area contributed by atoms with Crippen LogP contribution in [0.3, 0.4) is 0 Å². The lowest BCUT2D eigenvalue weighted by atomic mass is 9.96. The van der Waals surface area contributed by atoms with Crippen LogP contribution in [-0.4, -0.2) is 18.2 Å². The van der Waals surface area contributed by atoms with Gasteiger partial charge in [-0.15, -0.1) is 0 Å². The van der Waals surface area contributed by atoms with Crippen molar-refractivity contribution >= 4 is 24.2 Å². The molecule has 0 spiro atoms. The normalized spacial score (nSPS) is 13.6. The van der Waals surface area contributed by atoms with Crippen molar-refractivity contribution < 1.29 is 4.79 Å². The van der Waals surface area contributed by atoms with Crippen LogP contribution in [0.15, 0.2) is 60.7 Å². The van der Waals surface area contributed by atoms with Gasteiger partial charge in [0.25, 0.3) is 0 Å². The molecule has 0 bridgehead atoms. The molecule has 0 aromatic heterocycles. The first-order valence-electron chi connectivity index (χ1n) is 6.67. The summed E-state index contributed by atoms with van der Waals surface area (Å²) in [6, 6.07) is 19.6. The number of rotatable bonds is 4. The van der Waals surface area contributed by atoms with Crippen LogP contribution in [-0.2, 0) is 4.79 Å². The van der Waals surface area contributed by atoms with Gasteiger partial charge in [0.1, 0.15) is 0 Å². The third-order valence-electron chi connectivity index (χ3n) is 3.53. The van der Waals surface area contributed by atoms with E-state index in [0.717, 1.165) is 11.3 Å². The van der Waals surface area contributed by atoms with Crippen molar-refractivity contribution in [2.75, 3.05) is 11.9 Å². The summed E-state index contributed by atoms with van der Waals surface area (Å²) in [6.45, 7) is 2.03. The lowest BCUT2D eigenvalue weighted by Crippen LogP contribution is -2.36. The smallest absolute Gasteiger partial charge is 0.240 e. The van der Waals surface area contributed by atoms with E-state index in [4.69, 9.17) is 0 Å². The van der Waals surface area contributed by atoms with E-state index in [2.05, 4.69) is 12.6 Å². The van der Waals surface area contributed by atoms with Crippen LogP contribution in [0.25, 0.3) is 0 Å². The minimum Gasteiger partial charge on any atom is -0.315 e. The number of hydrogen-bond donors (Lipinski definition) is 1. The molecule has 0 aliphatic carbocycles. The molecular formula is C17H19NOS. The summed E-state index contributed by atoms with van der Waals surface area (Å²) in [4.78, 5) is 14.2. The first-order chi connectivity index (χ1) is 9.61. The van der Waals surface area contributed by atoms with Crippen molar-refractivity contribution in [2.24, 2.45) is 0 Å². The van der Waals surface area contributed by atoms with Crippen molar-refractivity contribution in [3.05, 3.63) is 66.2 Å². The van der Waals surface area contributed by atoms with Gasteiger partial charge >= 0.3 is 0 Å². The third-order valence-corrected chi connectivity index (χ3v) is 4.19. The molecule has 0 radical (unpaired) electrons. The van der Waals surface area contributed by atoms with E-state index >= 15 is 0 Å². The molecule has 20 heavy (non-hydrogen) atoms. The summed E-state index contributed by atoms with van der Waals surface area (Å²) in [5, 5.41) is -0.359. The maximum atomic E-state index is 12.5. The Labute approximate surface area is 125 Å². The molecule has 2 nitrogen and oxygen atoms in total. The van der Waals surface area contributed by atoms with Gasteiger partial charge in [-0.3, -0.25) is 4.79 Å². The Morgan fingerprint density at radius 2 is 1.50 bits per heavy atom. The number of benzene rings is 2. The fourth-order valence-corrected chi connectivity index (χ4v) is 2.48. The van der Waals surface area contributed by atoms with Crippen LogP contribution in [0.2, 0.25) is 0 Å². The summed E-state index contributed by atoms with van der Waals surface area (Å²) >= 11 is 4.53. The molecule has 2 rings (SSSR count). The number of hydrogen-bond acceptors (Lipinski definition) is 2. The Morgan fingerprint density at radius 1 is 1.00 bits per heavy atom. The zero-order chi connectivity index (χ0) is 14.5. The minimum atomic E-state index is -0.359. The maximum absolute atomic E-state index is 12.5. The molecule has 3 heteroatoms. The molecule has 0 saturated heterocycles. The molecular weight excluding hydrogens is 266 g/mol. The van der Waals surface area contributed by atoms with E-state index in [1.165, 1.54) is 0 Å². The molecule has 0 saturated carbocycles. The Kier molecular flexibility index (Phi) is 4.85. The van der Waals surface area contributed by atoms with Crippen LogP contribution in [0, 0.1) is 0 Å². The average Bonchev–Trinajstić information content (AvgIpc) is 2.53. The molecule has 2 aromatic rings. The monoisotopic (exact) mass is 285 g/mol. The highest BCUT2D eigenvalue weighted by Crippen LogP contribution is 2.25. The predicted molar refractivity (Wildman–Crippen MR) is 87.5 cm³/mol. The van der Waals surface area contributed by atoms with E-state index in [1.54, 1.807) is 11.9 Å². The second-order valence-corrected chi connectivity index (χ2v) is 5.43. The van der Waals surface area contributed by atoms with Gasteiger partial charge in [-0.1, -0.05) is 55.5 Å². The highest BCUT2D eigenvalue weighted by Gasteiger charge is 2.25. The van der Waals surface area contributed by atoms with Gasteiger partial charge in [0.05, 0.1) is 5.25 Å². The van der Waals surface area contributed by atoms with Crippen molar-refractivity contribution in [3.63, 3.8) is 0 Å². The van der Waals surface area contributed by atoms with Crippen molar-refractivity contribution in [1.29, 1.82) is 0 Å². The molecule has 0 fully saturated rings. The molecule has 104 valence electrons. The van der Waals surface area contributed by atoms with Crippen molar-refractivity contribution in [2.45, 2.75) is 18.1 Å². The summed E-state index contributed by atoms with van der Waals surface area (Å²) in [5.41, 5.74) is 2.01. The predicted octanol–water partition coefficient (Wildman–Crippen LogP) is 3.75. The van der Waals surface area contributed by atoms with Crippen molar-refractivity contribution in [1.82, 2.24) is 0 Å². The van der Waals surface area contributed by atoms with Crippen LogP contribution in [0.5, 0.6) is 0 Å². The molecule has 0 aliphatic rings. The molecule has 0 N–H and O–H groups in total. The van der Waals surface area contributed by atoms with Gasteiger partial charge in [0.15, 0.2) is 0 Å². The lowest BCUT2D eigenvalue weighted by molar-refractivity contribution is -0.118. The van der Waals surface area contributed by atoms with E-state index in [0.29, 0.717) is 0 Å². The molecule has 0 heterocycles. The van der Waals surface area contributed by atoms with Crippen LogP contribution in [0.1, 0.15) is 18.4 Å². The van der Waals surface area contributed by atoms with Gasteiger partial charge in [-0.05, 0) is 17.7 Å². The maximum Gasteiger partial charge on any atom is 0.240 e. The van der Waals surface area contributed by atoms with E-state index < -0.39 is 0 Å². The molecule has 2 unspecified atom stereocenters. The number of thiol groups is 1. The molecule has 0 aliphatic heterocycles. The number of para-hydroxylation sites is 1.